The highest BCUT2D eigenvalue weighted by molar-refractivity contribution is 6.57. The average molecular weight is 226 g/mol. The lowest BCUT2D eigenvalue weighted by atomic mass is 10.1. The molecule has 0 aromatic heterocycles. The van der Waals surface area contributed by atoms with Gasteiger partial charge >= 0.3 is 0 Å². The van der Waals surface area contributed by atoms with Crippen LogP contribution in [0.25, 0.3) is 0 Å². The molecule has 1 heterocycles. The third-order valence-corrected chi connectivity index (χ3v) is 2.56. The van der Waals surface area contributed by atoms with Gasteiger partial charge in [0, 0.05) is 19.0 Å². The molecule has 13 heavy (non-hydrogen) atoms. The summed E-state index contributed by atoms with van der Waals surface area (Å²) >= 11 is 11.3. The van der Waals surface area contributed by atoms with Gasteiger partial charge in [0.15, 0.2) is 4.33 Å². The fourth-order valence-corrected chi connectivity index (χ4v) is 1.63. The predicted molar refractivity (Wildman–Crippen MR) is 51.9 cm³/mol. The van der Waals surface area contributed by atoms with Gasteiger partial charge in [0.2, 0.25) is 0 Å². The van der Waals surface area contributed by atoms with E-state index in [0.717, 1.165) is 0 Å². The topological polar surface area (TPSA) is 40.5 Å². The van der Waals surface area contributed by atoms with Gasteiger partial charge in [-0.1, -0.05) is 30.1 Å². The second-order valence-corrected chi connectivity index (χ2v) is 5.35. The largest absolute Gasteiger partial charge is 0.391 e. The molecule has 1 aliphatic heterocycles. The van der Waals surface area contributed by atoms with Crippen molar-refractivity contribution in [1.82, 2.24) is 4.90 Å². The lowest BCUT2D eigenvalue weighted by Crippen LogP contribution is -2.39. The van der Waals surface area contributed by atoms with E-state index in [1.165, 1.54) is 11.8 Å². The molecule has 3 nitrogen and oxygen atoms in total. The smallest absolute Gasteiger partial charge is 0.258 e. The number of amides is 1. The number of alkyl halides is 2. The van der Waals surface area contributed by atoms with E-state index in [1.807, 2.05) is 6.92 Å². The van der Waals surface area contributed by atoms with Crippen LogP contribution < -0.4 is 0 Å². The second-order valence-electron chi connectivity index (χ2n) is 3.64. The number of carbonyl (C=O) groups excluding carboxylic acids is 1. The van der Waals surface area contributed by atoms with Gasteiger partial charge in [-0.25, -0.2) is 0 Å². The summed E-state index contributed by atoms with van der Waals surface area (Å²) in [6.45, 7) is 4.18. The van der Waals surface area contributed by atoms with Crippen molar-refractivity contribution in [1.29, 1.82) is 0 Å². The highest BCUT2D eigenvalue weighted by Gasteiger charge is 2.38. The van der Waals surface area contributed by atoms with Crippen molar-refractivity contribution < 1.29 is 9.90 Å². The van der Waals surface area contributed by atoms with E-state index in [9.17, 15) is 9.90 Å². The van der Waals surface area contributed by atoms with Gasteiger partial charge in [-0.3, -0.25) is 4.79 Å². The Hall–Kier alpha value is 0.01000. The van der Waals surface area contributed by atoms with Crippen LogP contribution in [0.4, 0.5) is 0 Å². The average Bonchev–Trinajstić information content (AvgIpc) is 2.29. The van der Waals surface area contributed by atoms with Crippen LogP contribution in [-0.4, -0.2) is 39.4 Å². The Morgan fingerprint density at radius 2 is 2.08 bits per heavy atom. The number of likely N-dealkylation sites (tertiary alicyclic amines) is 1. The molecule has 2 atom stereocenters. The molecule has 1 N–H and O–H groups in total. The minimum atomic E-state index is -1.39. The molecule has 1 fully saturated rings. The monoisotopic (exact) mass is 225 g/mol. The van der Waals surface area contributed by atoms with Crippen molar-refractivity contribution in [2.75, 3.05) is 13.1 Å². The summed E-state index contributed by atoms with van der Waals surface area (Å²) in [5, 5.41) is 9.40. The molecule has 1 saturated heterocycles. The molecule has 1 rings (SSSR count). The third kappa shape index (κ3) is 2.48. The Kier molecular flexibility index (Phi) is 3.10. The SMILES string of the molecule is CC1CN(C(=O)C(C)(Cl)Cl)CC1O. The summed E-state index contributed by atoms with van der Waals surface area (Å²) in [4.78, 5) is 13.0. The van der Waals surface area contributed by atoms with Crippen LogP contribution >= 0.6 is 23.2 Å². The van der Waals surface area contributed by atoms with Crippen LogP contribution in [0.2, 0.25) is 0 Å². The van der Waals surface area contributed by atoms with E-state index in [2.05, 4.69) is 0 Å². The van der Waals surface area contributed by atoms with Gasteiger partial charge in [-0.15, -0.1) is 0 Å². The van der Waals surface area contributed by atoms with Crippen LogP contribution in [0.15, 0.2) is 0 Å². The van der Waals surface area contributed by atoms with Crippen molar-refractivity contribution >= 4 is 29.1 Å². The molecule has 0 spiro atoms. The normalized spacial score (nSPS) is 29.5. The van der Waals surface area contributed by atoms with Gasteiger partial charge in [-0.2, -0.15) is 0 Å². The number of hydrogen-bond donors (Lipinski definition) is 1. The molecule has 1 aliphatic rings. The Morgan fingerprint density at radius 3 is 2.38 bits per heavy atom. The Labute approximate surface area is 87.6 Å². The Bertz CT molecular complexity index is 205. The summed E-state index contributed by atoms with van der Waals surface area (Å²) in [5.74, 6) is -0.237. The summed E-state index contributed by atoms with van der Waals surface area (Å²) in [6, 6.07) is 0. The first-order chi connectivity index (χ1) is 5.82. The van der Waals surface area contributed by atoms with Gasteiger partial charge < -0.3 is 10.0 Å². The number of hydrogen-bond acceptors (Lipinski definition) is 2. The molecule has 76 valence electrons. The minimum absolute atomic E-state index is 0.0969. The van der Waals surface area contributed by atoms with Gasteiger partial charge in [0.05, 0.1) is 6.10 Å². The predicted octanol–water partition coefficient (Wildman–Crippen LogP) is 1.02. The van der Waals surface area contributed by atoms with E-state index in [4.69, 9.17) is 23.2 Å². The summed E-state index contributed by atoms with van der Waals surface area (Å²) in [6.07, 6.45) is -0.459. The number of aliphatic hydroxyl groups is 1. The van der Waals surface area contributed by atoms with Crippen LogP contribution in [-0.2, 0) is 4.79 Å². The fraction of sp³-hybridized carbons (Fsp3) is 0.875. The standard InChI is InChI=1S/C8H13Cl2NO2/c1-5-3-11(4-6(5)12)7(13)8(2,9)10/h5-6,12H,3-4H2,1-2H3. The molecule has 0 aromatic carbocycles. The number of halogens is 2. The molecule has 0 saturated carbocycles. The maximum absolute atomic E-state index is 11.5. The molecule has 0 bridgehead atoms. The summed E-state index contributed by atoms with van der Waals surface area (Å²) in [7, 11) is 0. The number of aliphatic hydroxyl groups excluding tert-OH is 1. The zero-order chi connectivity index (χ0) is 10.2. The lowest BCUT2D eigenvalue weighted by Gasteiger charge is -2.21. The first-order valence-electron chi connectivity index (χ1n) is 4.17. The highest BCUT2D eigenvalue weighted by atomic mass is 35.5. The van der Waals surface area contributed by atoms with E-state index in [1.54, 1.807) is 0 Å². The zero-order valence-electron chi connectivity index (χ0n) is 7.63. The Morgan fingerprint density at radius 1 is 1.54 bits per heavy atom. The first-order valence-corrected chi connectivity index (χ1v) is 4.93. The summed E-state index contributed by atoms with van der Waals surface area (Å²) in [5.41, 5.74) is 0. The minimum Gasteiger partial charge on any atom is -0.391 e. The zero-order valence-corrected chi connectivity index (χ0v) is 9.14. The molecule has 0 aliphatic carbocycles. The van der Waals surface area contributed by atoms with Crippen molar-refractivity contribution in [3.8, 4) is 0 Å². The highest BCUT2D eigenvalue weighted by Crippen LogP contribution is 2.26. The van der Waals surface area contributed by atoms with Crippen molar-refractivity contribution in [2.45, 2.75) is 24.3 Å². The van der Waals surface area contributed by atoms with Crippen LogP contribution in [0, 0.1) is 5.92 Å². The molecule has 1 amide bonds. The fourth-order valence-electron chi connectivity index (χ4n) is 1.39. The number of β-amino-alcohol motifs (C(OH)–C–C–N with tert-alkyl or cyclic N) is 1. The van der Waals surface area contributed by atoms with Gasteiger partial charge in [0.1, 0.15) is 0 Å². The second kappa shape index (κ2) is 3.64. The molecule has 2 unspecified atom stereocenters. The number of rotatable bonds is 1. The van der Waals surface area contributed by atoms with Crippen LogP contribution in [0.5, 0.6) is 0 Å². The molecular formula is C8H13Cl2NO2. The molecule has 0 radical (unpaired) electrons. The van der Waals surface area contributed by atoms with Gasteiger partial charge in [-0.05, 0) is 6.92 Å². The van der Waals surface area contributed by atoms with Crippen molar-refractivity contribution in [3.63, 3.8) is 0 Å². The first kappa shape index (κ1) is 11.1. The van der Waals surface area contributed by atoms with E-state index >= 15 is 0 Å². The van der Waals surface area contributed by atoms with E-state index in [-0.39, 0.29) is 11.8 Å². The summed E-state index contributed by atoms with van der Waals surface area (Å²) < 4.78 is -1.39. The van der Waals surface area contributed by atoms with Gasteiger partial charge in [0.25, 0.3) is 5.91 Å². The maximum Gasteiger partial charge on any atom is 0.258 e. The quantitative estimate of drug-likeness (QED) is 0.678. The van der Waals surface area contributed by atoms with E-state index < -0.39 is 10.4 Å². The molecular weight excluding hydrogens is 213 g/mol. The number of nitrogens with zero attached hydrogens (tertiary/aromatic N) is 1. The molecule has 5 heteroatoms. The van der Waals surface area contributed by atoms with E-state index in [0.29, 0.717) is 13.1 Å². The van der Waals surface area contributed by atoms with Crippen molar-refractivity contribution in [3.05, 3.63) is 0 Å². The van der Waals surface area contributed by atoms with Crippen LogP contribution in [0.1, 0.15) is 13.8 Å². The Balaban J connectivity index is 2.61. The van der Waals surface area contributed by atoms with Crippen molar-refractivity contribution in [2.24, 2.45) is 5.92 Å². The molecule has 0 aromatic rings. The lowest BCUT2D eigenvalue weighted by molar-refractivity contribution is -0.130. The number of carbonyl (C=O) groups is 1. The third-order valence-electron chi connectivity index (χ3n) is 2.24. The van der Waals surface area contributed by atoms with Crippen LogP contribution in [0.3, 0.4) is 0 Å². The maximum atomic E-state index is 11.5.